The molecule has 0 aliphatic heterocycles. The normalized spacial score (nSPS) is 11.4. The first-order valence-electron chi connectivity index (χ1n) is 5.31. The van der Waals surface area contributed by atoms with Gasteiger partial charge < -0.3 is 15.7 Å². The summed E-state index contributed by atoms with van der Waals surface area (Å²) < 4.78 is 5.65. The Balaban J connectivity index is 2.40. The van der Waals surface area contributed by atoms with Crippen molar-refractivity contribution in [3.05, 3.63) is 58.1 Å². The lowest BCUT2D eigenvalue weighted by Gasteiger charge is -2.11. The molecule has 0 unspecified atom stereocenters. The first kappa shape index (κ1) is 13.5. The fourth-order valence-electron chi connectivity index (χ4n) is 1.52. The van der Waals surface area contributed by atoms with Gasteiger partial charge in [-0.05, 0) is 36.4 Å². The molecule has 2 aromatic rings. The second-order valence-electron chi connectivity index (χ2n) is 3.65. The number of hydrogen-bond donors (Lipinski definition) is 2. The van der Waals surface area contributed by atoms with E-state index in [4.69, 9.17) is 38.9 Å². The lowest BCUT2D eigenvalue weighted by atomic mass is 10.2. The predicted molar refractivity (Wildman–Crippen MR) is 75.5 cm³/mol. The molecule has 0 aromatic heterocycles. The maximum atomic E-state index is 8.77. The van der Waals surface area contributed by atoms with Gasteiger partial charge in [0.1, 0.15) is 11.5 Å². The highest BCUT2D eigenvalue weighted by Crippen LogP contribution is 2.30. The van der Waals surface area contributed by atoms with Gasteiger partial charge in [0.2, 0.25) is 0 Å². The third-order valence-electron chi connectivity index (χ3n) is 2.38. The van der Waals surface area contributed by atoms with Crippen molar-refractivity contribution < 1.29 is 9.94 Å². The molecule has 0 spiro atoms. The van der Waals surface area contributed by atoms with E-state index < -0.39 is 0 Å². The van der Waals surface area contributed by atoms with Crippen LogP contribution in [0.2, 0.25) is 10.0 Å². The lowest BCUT2D eigenvalue weighted by molar-refractivity contribution is 0.318. The first-order chi connectivity index (χ1) is 9.11. The van der Waals surface area contributed by atoms with E-state index in [0.29, 0.717) is 27.1 Å². The molecule has 0 atom stereocenters. The fourth-order valence-corrected chi connectivity index (χ4v) is 1.91. The molecule has 0 amide bonds. The summed E-state index contributed by atoms with van der Waals surface area (Å²) in [5.74, 6) is 0.846. The zero-order chi connectivity index (χ0) is 13.8. The van der Waals surface area contributed by atoms with Gasteiger partial charge in [0.05, 0.1) is 10.6 Å². The van der Waals surface area contributed by atoms with Crippen molar-refractivity contribution in [1.29, 1.82) is 0 Å². The van der Waals surface area contributed by atoms with Gasteiger partial charge in [0, 0.05) is 5.02 Å². The number of nitrogens with zero attached hydrogens (tertiary/aromatic N) is 1. The minimum atomic E-state index is -0.116. The lowest BCUT2D eigenvalue weighted by Crippen LogP contribution is -2.14. The monoisotopic (exact) mass is 296 g/mol. The van der Waals surface area contributed by atoms with Gasteiger partial charge in [-0.3, -0.25) is 0 Å². The molecule has 0 bridgehead atoms. The van der Waals surface area contributed by atoms with Crippen LogP contribution in [0.1, 0.15) is 5.56 Å². The van der Waals surface area contributed by atoms with Gasteiger partial charge in [-0.25, -0.2) is 0 Å². The largest absolute Gasteiger partial charge is 0.457 e. The second kappa shape index (κ2) is 5.82. The van der Waals surface area contributed by atoms with Crippen molar-refractivity contribution in [3.63, 3.8) is 0 Å². The zero-order valence-electron chi connectivity index (χ0n) is 9.68. The van der Waals surface area contributed by atoms with Crippen molar-refractivity contribution in [3.8, 4) is 11.5 Å². The summed E-state index contributed by atoms with van der Waals surface area (Å²) in [4.78, 5) is 0. The van der Waals surface area contributed by atoms with E-state index in [9.17, 15) is 0 Å². The molecule has 0 aliphatic carbocycles. The second-order valence-corrected chi connectivity index (χ2v) is 4.50. The highest BCUT2D eigenvalue weighted by atomic mass is 35.5. The molecule has 2 rings (SSSR count). The van der Waals surface area contributed by atoms with E-state index in [-0.39, 0.29) is 5.84 Å². The van der Waals surface area contributed by atoms with Crippen LogP contribution in [-0.2, 0) is 0 Å². The van der Waals surface area contributed by atoms with E-state index in [0.717, 1.165) is 0 Å². The molecule has 98 valence electrons. The maximum absolute atomic E-state index is 8.77. The van der Waals surface area contributed by atoms with Gasteiger partial charge in [-0.1, -0.05) is 34.4 Å². The minimum Gasteiger partial charge on any atom is -0.457 e. The van der Waals surface area contributed by atoms with Gasteiger partial charge >= 0.3 is 0 Å². The van der Waals surface area contributed by atoms with Gasteiger partial charge in [0.25, 0.3) is 0 Å². The third kappa shape index (κ3) is 3.10. The van der Waals surface area contributed by atoms with Crippen molar-refractivity contribution in [1.82, 2.24) is 0 Å². The molecule has 0 aliphatic rings. The molecular weight excluding hydrogens is 287 g/mol. The highest BCUT2D eigenvalue weighted by Gasteiger charge is 2.13. The summed E-state index contributed by atoms with van der Waals surface area (Å²) >= 11 is 11.8. The summed E-state index contributed by atoms with van der Waals surface area (Å²) in [5, 5.41) is 12.7. The molecule has 0 fully saturated rings. The zero-order valence-corrected chi connectivity index (χ0v) is 11.2. The molecule has 0 saturated heterocycles. The van der Waals surface area contributed by atoms with Crippen molar-refractivity contribution >= 4 is 29.0 Å². The summed E-state index contributed by atoms with van der Waals surface area (Å²) in [6.07, 6.45) is 0. The summed E-state index contributed by atoms with van der Waals surface area (Å²) in [5.41, 5.74) is 5.92. The van der Waals surface area contributed by atoms with E-state index in [1.165, 1.54) is 0 Å². The van der Waals surface area contributed by atoms with Crippen molar-refractivity contribution in [2.45, 2.75) is 0 Å². The SMILES string of the molecule is NC(=NO)c1c(Cl)cccc1Oc1ccc(Cl)cc1. The van der Waals surface area contributed by atoms with E-state index >= 15 is 0 Å². The topological polar surface area (TPSA) is 67.8 Å². The van der Waals surface area contributed by atoms with Gasteiger partial charge in [0.15, 0.2) is 5.84 Å². The summed E-state index contributed by atoms with van der Waals surface area (Å²) in [6, 6.07) is 11.8. The number of rotatable bonds is 3. The Labute approximate surface area is 120 Å². The van der Waals surface area contributed by atoms with E-state index in [1.807, 2.05) is 0 Å². The van der Waals surface area contributed by atoms with Gasteiger partial charge in [-0.15, -0.1) is 0 Å². The fraction of sp³-hybridized carbons (Fsp3) is 0. The van der Waals surface area contributed by atoms with Crippen LogP contribution in [0.3, 0.4) is 0 Å². The number of halogens is 2. The molecule has 4 nitrogen and oxygen atoms in total. The maximum Gasteiger partial charge on any atom is 0.175 e. The Morgan fingerprint density at radius 1 is 1.11 bits per heavy atom. The molecule has 2 aromatic carbocycles. The number of hydrogen-bond acceptors (Lipinski definition) is 3. The number of nitrogens with two attached hydrogens (primary N) is 1. The first-order valence-corrected chi connectivity index (χ1v) is 6.07. The summed E-state index contributed by atoms with van der Waals surface area (Å²) in [7, 11) is 0. The molecular formula is C13H10Cl2N2O2. The Morgan fingerprint density at radius 3 is 2.42 bits per heavy atom. The van der Waals surface area contributed by atoms with Crippen LogP contribution in [0.5, 0.6) is 11.5 Å². The average molecular weight is 297 g/mol. The molecule has 0 radical (unpaired) electrons. The Morgan fingerprint density at radius 2 is 1.79 bits per heavy atom. The number of amidine groups is 1. The minimum absolute atomic E-state index is 0.116. The Hall–Kier alpha value is -1.91. The Bertz CT molecular complexity index is 613. The van der Waals surface area contributed by atoms with Crippen LogP contribution in [0, 0.1) is 0 Å². The molecule has 3 N–H and O–H groups in total. The van der Waals surface area contributed by atoms with Crippen LogP contribution in [0.25, 0.3) is 0 Å². The average Bonchev–Trinajstić information content (AvgIpc) is 2.41. The summed E-state index contributed by atoms with van der Waals surface area (Å²) in [6.45, 7) is 0. The van der Waals surface area contributed by atoms with E-state index in [2.05, 4.69) is 5.16 Å². The molecule has 19 heavy (non-hydrogen) atoms. The quantitative estimate of drug-likeness (QED) is 0.391. The van der Waals surface area contributed by atoms with Crippen LogP contribution >= 0.6 is 23.2 Å². The number of benzene rings is 2. The Kier molecular flexibility index (Phi) is 4.14. The van der Waals surface area contributed by atoms with E-state index in [1.54, 1.807) is 42.5 Å². The molecule has 6 heteroatoms. The standard InChI is InChI=1S/C13H10Cl2N2O2/c14-8-4-6-9(7-5-8)19-11-3-1-2-10(15)12(11)13(16)17-18/h1-7,18H,(H2,16,17). The molecule has 0 saturated carbocycles. The van der Waals surface area contributed by atoms with Crippen molar-refractivity contribution in [2.75, 3.05) is 0 Å². The highest BCUT2D eigenvalue weighted by molar-refractivity contribution is 6.34. The van der Waals surface area contributed by atoms with Crippen molar-refractivity contribution in [2.24, 2.45) is 10.9 Å². The number of oxime groups is 1. The smallest absolute Gasteiger partial charge is 0.175 e. The number of ether oxygens (including phenoxy) is 1. The van der Waals surface area contributed by atoms with Crippen LogP contribution < -0.4 is 10.5 Å². The predicted octanol–water partition coefficient (Wildman–Crippen LogP) is 3.88. The van der Waals surface area contributed by atoms with Gasteiger partial charge in [-0.2, -0.15) is 0 Å². The third-order valence-corrected chi connectivity index (χ3v) is 2.95. The van der Waals surface area contributed by atoms with Crippen LogP contribution in [-0.4, -0.2) is 11.0 Å². The van der Waals surface area contributed by atoms with Crippen LogP contribution in [0.4, 0.5) is 0 Å². The molecule has 0 heterocycles. The van der Waals surface area contributed by atoms with Crippen LogP contribution in [0.15, 0.2) is 47.6 Å².